The van der Waals surface area contributed by atoms with Crippen LogP contribution < -0.4 is 0 Å². The Bertz CT molecular complexity index is 542. The van der Waals surface area contributed by atoms with Crippen LogP contribution in [0.4, 0.5) is 0 Å². The highest BCUT2D eigenvalue weighted by atomic mass is 16.5. The number of carbonyl (C=O) groups excluding carboxylic acids is 2. The second-order valence-corrected chi connectivity index (χ2v) is 7.93. The second kappa shape index (κ2) is 8.53. The molecule has 3 aliphatic rings. The molecule has 2 saturated heterocycles. The summed E-state index contributed by atoms with van der Waals surface area (Å²) in [6.45, 7) is 5.45. The van der Waals surface area contributed by atoms with E-state index in [1.807, 2.05) is 16.7 Å². The summed E-state index contributed by atoms with van der Waals surface area (Å²) in [6, 6.07) is 0. The molecule has 0 radical (unpaired) electrons. The molecule has 3 rings (SSSR count). The van der Waals surface area contributed by atoms with Gasteiger partial charge >= 0.3 is 0 Å². The van der Waals surface area contributed by atoms with Crippen molar-refractivity contribution in [3.8, 4) is 0 Å². The number of hydrogen-bond donors (Lipinski definition) is 1. The van der Waals surface area contributed by atoms with E-state index in [0.717, 1.165) is 32.2 Å². The maximum atomic E-state index is 12.8. The highest BCUT2D eigenvalue weighted by Gasteiger charge is 2.47. The van der Waals surface area contributed by atoms with Crippen LogP contribution in [0, 0.1) is 11.3 Å². The molecule has 0 aromatic heterocycles. The number of nitrogens with zero attached hydrogens (tertiary/aromatic N) is 2. The molecule has 2 aliphatic heterocycles. The quantitative estimate of drug-likeness (QED) is 0.594. The summed E-state index contributed by atoms with van der Waals surface area (Å²) in [5, 5.41) is 10.8. The maximum Gasteiger partial charge on any atom is 0.226 e. The van der Waals surface area contributed by atoms with Crippen molar-refractivity contribution < 1.29 is 19.4 Å². The van der Waals surface area contributed by atoms with Crippen LogP contribution in [0.3, 0.4) is 0 Å². The van der Waals surface area contributed by atoms with E-state index in [-0.39, 0.29) is 23.1 Å². The third-order valence-corrected chi connectivity index (χ3v) is 6.18. The summed E-state index contributed by atoms with van der Waals surface area (Å²) in [4.78, 5) is 29.2. The van der Waals surface area contributed by atoms with Gasteiger partial charge in [-0.1, -0.05) is 12.2 Å². The Kier molecular flexibility index (Phi) is 6.35. The van der Waals surface area contributed by atoms with Gasteiger partial charge in [-0.2, -0.15) is 0 Å². The molecule has 2 fully saturated rings. The molecule has 146 valence electrons. The fourth-order valence-corrected chi connectivity index (χ4v) is 4.65. The van der Waals surface area contributed by atoms with Crippen LogP contribution in [0.25, 0.3) is 0 Å². The lowest BCUT2D eigenvalue weighted by Crippen LogP contribution is -2.61. The summed E-state index contributed by atoms with van der Waals surface area (Å²) in [5.74, 6) is 0.365. The molecular formula is C20H32N2O4. The van der Waals surface area contributed by atoms with Crippen molar-refractivity contribution in [2.75, 3.05) is 39.4 Å². The lowest BCUT2D eigenvalue weighted by atomic mass is 9.71. The van der Waals surface area contributed by atoms with Gasteiger partial charge in [0.2, 0.25) is 11.8 Å². The number of likely N-dealkylation sites (tertiary alicyclic amines) is 2. The van der Waals surface area contributed by atoms with Crippen molar-refractivity contribution in [3.63, 3.8) is 0 Å². The Morgan fingerprint density at radius 3 is 2.65 bits per heavy atom. The molecule has 1 spiro atoms. The average Bonchev–Trinajstić information content (AvgIpc) is 3.18. The number of rotatable bonds is 5. The Hall–Kier alpha value is -1.40. The van der Waals surface area contributed by atoms with E-state index < -0.39 is 6.10 Å². The topological polar surface area (TPSA) is 70.1 Å². The third kappa shape index (κ3) is 4.12. The summed E-state index contributed by atoms with van der Waals surface area (Å²) in [7, 11) is 0. The van der Waals surface area contributed by atoms with E-state index in [1.54, 1.807) is 0 Å². The molecule has 0 unspecified atom stereocenters. The van der Waals surface area contributed by atoms with Crippen molar-refractivity contribution in [2.24, 2.45) is 11.3 Å². The molecule has 2 amide bonds. The fourth-order valence-electron chi connectivity index (χ4n) is 4.65. The van der Waals surface area contributed by atoms with Crippen LogP contribution in [0.5, 0.6) is 0 Å². The molecule has 1 N–H and O–H groups in total. The van der Waals surface area contributed by atoms with E-state index in [9.17, 15) is 14.7 Å². The summed E-state index contributed by atoms with van der Waals surface area (Å²) in [6.07, 6.45) is 8.10. The maximum absolute atomic E-state index is 12.8. The highest BCUT2D eigenvalue weighted by Crippen LogP contribution is 2.39. The van der Waals surface area contributed by atoms with E-state index in [0.29, 0.717) is 45.7 Å². The standard InChI is InChI=1S/C20H32N2O4/c1-2-26-13-9-18(24)21-12-8-17(23)20(14-21)10-5-11-22(15-20)19(25)16-6-3-4-7-16/h3-4,16-17,23H,2,5-15H2,1H3/t17-,20-/m1/s1. The number of piperidine rings is 2. The van der Waals surface area contributed by atoms with Crippen molar-refractivity contribution >= 4 is 11.8 Å². The van der Waals surface area contributed by atoms with Crippen LogP contribution in [0.15, 0.2) is 12.2 Å². The Labute approximate surface area is 156 Å². The van der Waals surface area contributed by atoms with Crippen LogP contribution >= 0.6 is 0 Å². The van der Waals surface area contributed by atoms with Crippen LogP contribution in [0.2, 0.25) is 0 Å². The molecule has 1 aliphatic carbocycles. The van der Waals surface area contributed by atoms with E-state index in [2.05, 4.69) is 12.2 Å². The predicted molar refractivity (Wildman–Crippen MR) is 98.4 cm³/mol. The van der Waals surface area contributed by atoms with Crippen molar-refractivity contribution in [2.45, 2.75) is 51.6 Å². The summed E-state index contributed by atoms with van der Waals surface area (Å²) < 4.78 is 5.30. The molecular weight excluding hydrogens is 332 g/mol. The first kappa shape index (κ1) is 19.4. The number of allylic oxidation sites excluding steroid dienone is 2. The Morgan fingerprint density at radius 1 is 1.19 bits per heavy atom. The van der Waals surface area contributed by atoms with Gasteiger partial charge in [-0.3, -0.25) is 9.59 Å². The zero-order valence-electron chi connectivity index (χ0n) is 15.9. The predicted octanol–water partition coefficient (Wildman–Crippen LogP) is 1.58. The molecule has 26 heavy (non-hydrogen) atoms. The zero-order valence-corrected chi connectivity index (χ0v) is 15.9. The SMILES string of the molecule is CCOCCC(=O)N1CC[C@@H](O)[C@]2(CCCN(C(=O)C3CC=CC3)C2)C1. The largest absolute Gasteiger partial charge is 0.392 e. The fraction of sp³-hybridized carbons (Fsp3) is 0.800. The first-order valence-electron chi connectivity index (χ1n) is 10.0. The van der Waals surface area contributed by atoms with Crippen LogP contribution in [-0.2, 0) is 14.3 Å². The monoisotopic (exact) mass is 364 g/mol. The van der Waals surface area contributed by atoms with E-state index in [4.69, 9.17) is 4.74 Å². The number of carbonyl (C=O) groups is 2. The molecule has 0 aromatic rings. The van der Waals surface area contributed by atoms with Gasteiger partial charge in [0.1, 0.15) is 0 Å². The Balaban J connectivity index is 1.63. The molecule has 0 saturated carbocycles. The number of hydrogen-bond acceptors (Lipinski definition) is 4. The summed E-state index contributed by atoms with van der Waals surface area (Å²) >= 11 is 0. The zero-order chi connectivity index (χ0) is 18.6. The molecule has 0 aromatic carbocycles. The number of amides is 2. The van der Waals surface area contributed by atoms with Crippen molar-refractivity contribution in [3.05, 3.63) is 12.2 Å². The van der Waals surface area contributed by atoms with E-state index >= 15 is 0 Å². The lowest BCUT2D eigenvalue weighted by Gasteiger charge is -2.51. The third-order valence-electron chi connectivity index (χ3n) is 6.18. The van der Waals surface area contributed by atoms with Gasteiger partial charge in [0.25, 0.3) is 0 Å². The summed E-state index contributed by atoms with van der Waals surface area (Å²) in [5.41, 5.74) is -0.376. The average molecular weight is 364 g/mol. The molecule has 2 heterocycles. The molecule has 6 nitrogen and oxygen atoms in total. The normalized spacial score (nSPS) is 29.5. The van der Waals surface area contributed by atoms with Crippen molar-refractivity contribution in [1.82, 2.24) is 9.80 Å². The van der Waals surface area contributed by atoms with Gasteiger partial charge in [-0.05, 0) is 39.0 Å². The first-order valence-corrected chi connectivity index (χ1v) is 10.0. The van der Waals surface area contributed by atoms with Gasteiger partial charge in [0, 0.05) is 44.1 Å². The smallest absolute Gasteiger partial charge is 0.226 e. The highest BCUT2D eigenvalue weighted by molar-refractivity contribution is 5.80. The molecule has 2 atom stereocenters. The van der Waals surface area contributed by atoms with Gasteiger partial charge in [0.15, 0.2) is 0 Å². The first-order chi connectivity index (χ1) is 12.6. The number of ether oxygens (including phenoxy) is 1. The molecule has 6 heteroatoms. The van der Waals surface area contributed by atoms with E-state index in [1.165, 1.54) is 0 Å². The van der Waals surface area contributed by atoms with Gasteiger partial charge in [-0.25, -0.2) is 0 Å². The van der Waals surface area contributed by atoms with Crippen LogP contribution in [0.1, 0.15) is 45.4 Å². The van der Waals surface area contributed by atoms with Crippen molar-refractivity contribution in [1.29, 1.82) is 0 Å². The van der Waals surface area contributed by atoms with Gasteiger partial charge < -0.3 is 19.6 Å². The minimum absolute atomic E-state index is 0.0646. The minimum atomic E-state index is -0.448. The second-order valence-electron chi connectivity index (χ2n) is 7.93. The number of aliphatic hydroxyl groups excluding tert-OH is 1. The van der Waals surface area contributed by atoms with Gasteiger partial charge in [0.05, 0.1) is 19.1 Å². The molecule has 0 bridgehead atoms. The minimum Gasteiger partial charge on any atom is -0.392 e. The van der Waals surface area contributed by atoms with Crippen LogP contribution in [-0.4, -0.2) is 72.2 Å². The number of aliphatic hydroxyl groups is 1. The van der Waals surface area contributed by atoms with Gasteiger partial charge in [-0.15, -0.1) is 0 Å². The Morgan fingerprint density at radius 2 is 1.92 bits per heavy atom. The lowest BCUT2D eigenvalue weighted by molar-refractivity contribution is -0.151.